The molecule has 20 heavy (non-hydrogen) atoms. The van der Waals surface area contributed by atoms with Crippen LogP contribution in [0.15, 0.2) is 30.3 Å². The number of nitrogens with zero attached hydrogens (tertiary/aromatic N) is 1. The molecule has 2 atom stereocenters. The molecule has 1 rings (SSSR count). The van der Waals surface area contributed by atoms with Gasteiger partial charge < -0.3 is 10.6 Å². The highest BCUT2D eigenvalue weighted by atomic mass is 16.2. The highest BCUT2D eigenvalue weighted by Gasteiger charge is 2.31. The Bertz CT molecular complexity index is 414. The van der Waals surface area contributed by atoms with Crippen LogP contribution in [0.4, 0.5) is 0 Å². The van der Waals surface area contributed by atoms with Gasteiger partial charge >= 0.3 is 0 Å². The van der Waals surface area contributed by atoms with Crippen LogP contribution in [0.3, 0.4) is 0 Å². The van der Waals surface area contributed by atoms with Crippen LogP contribution < -0.4 is 5.73 Å². The molecule has 0 spiro atoms. The average Bonchev–Trinajstić information content (AvgIpc) is 2.43. The SMILES string of the molecule is CC[C@H](c1ccccc1)N(C(=O)[C@@H](N)C(C)C)C(C)C. The first-order chi connectivity index (χ1) is 9.40. The van der Waals surface area contributed by atoms with Gasteiger partial charge in [-0.25, -0.2) is 0 Å². The smallest absolute Gasteiger partial charge is 0.240 e. The van der Waals surface area contributed by atoms with Crippen LogP contribution >= 0.6 is 0 Å². The number of benzene rings is 1. The predicted molar refractivity (Wildman–Crippen MR) is 84.3 cm³/mol. The first-order valence-corrected chi connectivity index (χ1v) is 7.52. The van der Waals surface area contributed by atoms with Crippen molar-refractivity contribution in [3.8, 4) is 0 Å². The number of rotatable bonds is 6. The van der Waals surface area contributed by atoms with Gasteiger partial charge in [0.2, 0.25) is 5.91 Å². The second kappa shape index (κ2) is 7.44. The molecule has 2 N–H and O–H groups in total. The number of hydrogen-bond donors (Lipinski definition) is 1. The minimum atomic E-state index is -0.435. The third kappa shape index (κ3) is 3.83. The molecule has 0 aliphatic rings. The van der Waals surface area contributed by atoms with Gasteiger partial charge in [0, 0.05) is 6.04 Å². The Balaban J connectivity index is 3.08. The van der Waals surface area contributed by atoms with Crippen molar-refractivity contribution in [2.75, 3.05) is 0 Å². The Labute approximate surface area is 123 Å². The van der Waals surface area contributed by atoms with Gasteiger partial charge in [-0.05, 0) is 31.7 Å². The number of nitrogens with two attached hydrogens (primary N) is 1. The number of carbonyl (C=O) groups is 1. The van der Waals surface area contributed by atoms with Gasteiger partial charge in [0.25, 0.3) is 0 Å². The Kier molecular flexibility index (Phi) is 6.21. The lowest BCUT2D eigenvalue weighted by molar-refractivity contribution is -0.138. The molecule has 0 aliphatic heterocycles. The second-order valence-electron chi connectivity index (χ2n) is 5.94. The molecule has 0 saturated carbocycles. The molecule has 0 unspecified atom stereocenters. The summed E-state index contributed by atoms with van der Waals surface area (Å²) in [6, 6.07) is 9.99. The van der Waals surface area contributed by atoms with E-state index in [2.05, 4.69) is 32.9 Å². The maximum atomic E-state index is 12.7. The third-order valence-electron chi connectivity index (χ3n) is 3.72. The number of carbonyl (C=O) groups excluding carboxylic acids is 1. The van der Waals surface area contributed by atoms with Crippen LogP contribution in [-0.4, -0.2) is 22.9 Å². The molecule has 3 heteroatoms. The van der Waals surface area contributed by atoms with Crippen molar-refractivity contribution in [2.24, 2.45) is 11.7 Å². The van der Waals surface area contributed by atoms with Gasteiger partial charge in [0.15, 0.2) is 0 Å². The van der Waals surface area contributed by atoms with Gasteiger partial charge in [0.05, 0.1) is 12.1 Å². The fourth-order valence-corrected chi connectivity index (χ4v) is 2.49. The fourth-order valence-electron chi connectivity index (χ4n) is 2.49. The molecule has 112 valence electrons. The van der Waals surface area contributed by atoms with E-state index in [1.54, 1.807) is 0 Å². The molecule has 1 aromatic rings. The van der Waals surface area contributed by atoms with Crippen molar-refractivity contribution < 1.29 is 4.79 Å². The molecule has 1 aromatic carbocycles. The van der Waals surface area contributed by atoms with E-state index < -0.39 is 6.04 Å². The normalized spacial score (nSPS) is 14.4. The quantitative estimate of drug-likeness (QED) is 0.866. The zero-order valence-electron chi connectivity index (χ0n) is 13.3. The fraction of sp³-hybridized carbons (Fsp3) is 0.588. The van der Waals surface area contributed by atoms with E-state index in [0.717, 1.165) is 6.42 Å². The Morgan fingerprint density at radius 2 is 1.70 bits per heavy atom. The van der Waals surface area contributed by atoms with Crippen LogP contribution in [-0.2, 0) is 4.79 Å². The summed E-state index contributed by atoms with van der Waals surface area (Å²) in [5.74, 6) is 0.197. The van der Waals surface area contributed by atoms with E-state index in [0.29, 0.717) is 0 Å². The zero-order chi connectivity index (χ0) is 15.3. The number of hydrogen-bond acceptors (Lipinski definition) is 2. The van der Waals surface area contributed by atoms with E-state index in [9.17, 15) is 4.79 Å². The first-order valence-electron chi connectivity index (χ1n) is 7.52. The van der Waals surface area contributed by atoms with Crippen LogP contribution in [0.1, 0.15) is 52.6 Å². The van der Waals surface area contributed by atoms with Gasteiger partial charge in [0.1, 0.15) is 0 Å². The minimum absolute atomic E-state index is 0.0469. The van der Waals surface area contributed by atoms with Crippen LogP contribution in [0.25, 0.3) is 0 Å². The summed E-state index contributed by atoms with van der Waals surface area (Å²) in [4.78, 5) is 14.6. The van der Waals surface area contributed by atoms with Gasteiger partial charge in [-0.1, -0.05) is 51.1 Å². The summed E-state index contributed by atoms with van der Waals surface area (Å²) in [6.07, 6.45) is 0.888. The summed E-state index contributed by atoms with van der Waals surface area (Å²) in [5.41, 5.74) is 7.25. The maximum absolute atomic E-state index is 12.7. The highest BCUT2D eigenvalue weighted by Crippen LogP contribution is 2.27. The molecule has 0 heterocycles. The molecule has 0 aliphatic carbocycles. The van der Waals surface area contributed by atoms with Crippen LogP contribution in [0.5, 0.6) is 0 Å². The van der Waals surface area contributed by atoms with Crippen LogP contribution in [0, 0.1) is 5.92 Å². The monoisotopic (exact) mass is 276 g/mol. The molecular weight excluding hydrogens is 248 g/mol. The highest BCUT2D eigenvalue weighted by molar-refractivity contribution is 5.82. The van der Waals surface area contributed by atoms with Crippen molar-refractivity contribution in [2.45, 2.75) is 59.2 Å². The van der Waals surface area contributed by atoms with Crippen molar-refractivity contribution in [1.82, 2.24) is 4.90 Å². The molecular formula is C17H28N2O. The van der Waals surface area contributed by atoms with E-state index in [1.165, 1.54) is 5.56 Å². The summed E-state index contributed by atoms with van der Waals surface area (Å²) >= 11 is 0. The molecule has 0 bridgehead atoms. The lowest BCUT2D eigenvalue weighted by Crippen LogP contribution is -2.50. The van der Waals surface area contributed by atoms with E-state index in [4.69, 9.17) is 5.73 Å². The minimum Gasteiger partial charge on any atom is -0.332 e. The largest absolute Gasteiger partial charge is 0.332 e. The summed E-state index contributed by atoms with van der Waals surface area (Å²) in [7, 11) is 0. The molecule has 0 radical (unpaired) electrons. The predicted octanol–water partition coefficient (Wildman–Crippen LogP) is 3.36. The Morgan fingerprint density at radius 1 is 1.15 bits per heavy atom. The van der Waals surface area contributed by atoms with Gasteiger partial charge in [-0.3, -0.25) is 4.79 Å². The Morgan fingerprint density at radius 3 is 2.10 bits per heavy atom. The summed E-state index contributed by atoms with van der Waals surface area (Å²) in [6.45, 7) is 10.2. The molecule has 0 fully saturated rings. The Hall–Kier alpha value is -1.35. The zero-order valence-corrected chi connectivity index (χ0v) is 13.3. The van der Waals surface area contributed by atoms with Crippen LogP contribution in [0.2, 0.25) is 0 Å². The van der Waals surface area contributed by atoms with Gasteiger partial charge in [-0.15, -0.1) is 0 Å². The topological polar surface area (TPSA) is 46.3 Å². The molecule has 0 aromatic heterocycles. The van der Waals surface area contributed by atoms with E-state index in [-0.39, 0.29) is 23.9 Å². The lowest BCUT2D eigenvalue weighted by atomic mass is 9.97. The third-order valence-corrected chi connectivity index (χ3v) is 3.72. The molecule has 0 saturated heterocycles. The van der Waals surface area contributed by atoms with Crippen molar-refractivity contribution in [3.63, 3.8) is 0 Å². The first kappa shape index (κ1) is 16.7. The molecule has 3 nitrogen and oxygen atoms in total. The summed E-state index contributed by atoms with van der Waals surface area (Å²) in [5, 5.41) is 0. The average molecular weight is 276 g/mol. The summed E-state index contributed by atoms with van der Waals surface area (Å²) < 4.78 is 0. The van der Waals surface area contributed by atoms with E-state index in [1.807, 2.05) is 36.9 Å². The van der Waals surface area contributed by atoms with Crippen molar-refractivity contribution in [1.29, 1.82) is 0 Å². The lowest BCUT2D eigenvalue weighted by Gasteiger charge is -2.37. The van der Waals surface area contributed by atoms with Crippen molar-refractivity contribution >= 4 is 5.91 Å². The van der Waals surface area contributed by atoms with E-state index >= 15 is 0 Å². The standard InChI is InChI=1S/C17H28N2O/c1-6-15(14-10-8-7-9-11-14)19(13(4)5)17(20)16(18)12(2)3/h7-13,15-16H,6,18H2,1-5H3/t15-,16+/m1/s1. The molecule has 1 amide bonds. The maximum Gasteiger partial charge on any atom is 0.240 e. The van der Waals surface area contributed by atoms with Crippen molar-refractivity contribution in [3.05, 3.63) is 35.9 Å². The van der Waals surface area contributed by atoms with Gasteiger partial charge in [-0.2, -0.15) is 0 Å². The number of amides is 1. The second-order valence-corrected chi connectivity index (χ2v) is 5.94.